The second kappa shape index (κ2) is 6.44. The standard InChI is InChI=1S/C19H12F2N4O/c20-15-7-13(12-3-1-5-22-9-12)8-16(21)14(15)11-25-18(26)10-24-17-4-2-6-23-19(17)25/h1-10H,11H2. The van der Waals surface area contributed by atoms with Crippen LogP contribution >= 0.6 is 0 Å². The summed E-state index contributed by atoms with van der Waals surface area (Å²) in [4.78, 5) is 24.2. The molecule has 3 aromatic heterocycles. The van der Waals surface area contributed by atoms with E-state index in [0.29, 0.717) is 16.6 Å². The molecule has 0 fully saturated rings. The summed E-state index contributed by atoms with van der Waals surface area (Å²) < 4.78 is 30.4. The number of nitrogens with zero attached hydrogens (tertiary/aromatic N) is 4. The van der Waals surface area contributed by atoms with Gasteiger partial charge in [-0.1, -0.05) is 6.07 Å². The maximum absolute atomic E-state index is 14.6. The van der Waals surface area contributed by atoms with E-state index in [0.717, 1.165) is 6.20 Å². The number of pyridine rings is 2. The van der Waals surface area contributed by atoms with Crippen molar-refractivity contribution in [3.63, 3.8) is 0 Å². The van der Waals surface area contributed by atoms with Gasteiger partial charge in [-0.3, -0.25) is 14.3 Å². The summed E-state index contributed by atoms with van der Waals surface area (Å²) in [5.74, 6) is -1.48. The highest BCUT2D eigenvalue weighted by atomic mass is 19.1. The first-order chi connectivity index (χ1) is 12.6. The second-order valence-electron chi connectivity index (χ2n) is 5.69. The molecule has 0 unspecified atom stereocenters. The molecule has 1 aromatic carbocycles. The van der Waals surface area contributed by atoms with Crippen molar-refractivity contribution in [2.75, 3.05) is 0 Å². The number of aromatic nitrogens is 4. The minimum absolute atomic E-state index is 0.210. The van der Waals surface area contributed by atoms with Crippen LogP contribution < -0.4 is 5.56 Å². The van der Waals surface area contributed by atoms with Crippen LogP contribution in [0.15, 0.2) is 66.0 Å². The maximum atomic E-state index is 14.6. The smallest absolute Gasteiger partial charge is 0.270 e. The first-order valence-electron chi connectivity index (χ1n) is 7.82. The Balaban J connectivity index is 1.81. The highest BCUT2D eigenvalue weighted by molar-refractivity contribution is 5.69. The van der Waals surface area contributed by atoms with E-state index in [4.69, 9.17) is 0 Å². The van der Waals surface area contributed by atoms with Crippen LogP contribution in [0.4, 0.5) is 8.78 Å². The lowest BCUT2D eigenvalue weighted by Crippen LogP contribution is -2.23. The Kier molecular flexibility index (Phi) is 3.96. The van der Waals surface area contributed by atoms with Crippen molar-refractivity contribution in [1.82, 2.24) is 19.5 Å². The fraction of sp³-hybridized carbons (Fsp3) is 0.0526. The normalized spacial score (nSPS) is 11.0. The van der Waals surface area contributed by atoms with Gasteiger partial charge in [-0.05, 0) is 35.9 Å². The summed E-state index contributed by atoms with van der Waals surface area (Å²) >= 11 is 0. The molecule has 0 aliphatic heterocycles. The van der Waals surface area contributed by atoms with Crippen LogP contribution in [0.25, 0.3) is 22.3 Å². The Morgan fingerprint density at radius 1 is 0.923 bits per heavy atom. The topological polar surface area (TPSA) is 60.7 Å². The van der Waals surface area contributed by atoms with E-state index in [1.807, 2.05) is 0 Å². The lowest BCUT2D eigenvalue weighted by molar-refractivity contribution is 0.544. The molecule has 4 aromatic rings. The molecule has 0 bridgehead atoms. The zero-order chi connectivity index (χ0) is 18.1. The van der Waals surface area contributed by atoms with Crippen LogP contribution in [0.3, 0.4) is 0 Å². The fourth-order valence-electron chi connectivity index (χ4n) is 2.76. The number of fused-ring (bicyclic) bond motifs is 1. The molecule has 7 heteroatoms. The van der Waals surface area contributed by atoms with Gasteiger partial charge in [0.15, 0.2) is 5.65 Å². The molecule has 3 heterocycles. The van der Waals surface area contributed by atoms with Crippen molar-refractivity contribution >= 4 is 11.2 Å². The molecule has 0 saturated heterocycles. The van der Waals surface area contributed by atoms with Gasteiger partial charge in [0.2, 0.25) is 0 Å². The van der Waals surface area contributed by atoms with Gasteiger partial charge in [0, 0.05) is 29.7 Å². The third-order valence-corrected chi connectivity index (χ3v) is 4.05. The molecule has 0 amide bonds. The highest BCUT2D eigenvalue weighted by Crippen LogP contribution is 2.24. The van der Waals surface area contributed by atoms with Gasteiger partial charge in [-0.25, -0.2) is 18.7 Å². The Bertz CT molecular complexity index is 1140. The third-order valence-electron chi connectivity index (χ3n) is 4.05. The van der Waals surface area contributed by atoms with E-state index >= 15 is 0 Å². The highest BCUT2D eigenvalue weighted by Gasteiger charge is 2.15. The van der Waals surface area contributed by atoms with E-state index in [-0.39, 0.29) is 17.8 Å². The van der Waals surface area contributed by atoms with E-state index in [2.05, 4.69) is 15.0 Å². The summed E-state index contributed by atoms with van der Waals surface area (Å²) in [5.41, 5.74) is 1.03. The average Bonchev–Trinajstić information content (AvgIpc) is 2.66. The molecule has 128 valence electrons. The number of benzene rings is 1. The van der Waals surface area contributed by atoms with Crippen molar-refractivity contribution in [2.24, 2.45) is 0 Å². The van der Waals surface area contributed by atoms with Crippen molar-refractivity contribution in [3.05, 3.63) is 88.7 Å². The van der Waals surface area contributed by atoms with Gasteiger partial charge < -0.3 is 0 Å². The molecule has 0 radical (unpaired) electrons. The van der Waals surface area contributed by atoms with Crippen molar-refractivity contribution in [2.45, 2.75) is 6.54 Å². The Labute approximate surface area is 146 Å². The van der Waals surface area contributed by atoms with Crippen molar-refractivity contribution < 1.29 is 8.78 Å². The summed E-state index contributed by atoms with van der Waals surface area (Å²) in [6, 6.07) is 9.22. The van der Waals surface area contributed by atoms with Crippen LogP contribution in [-0.2, 0) is 6.54 Å². The van der Waals surface area contributed by atoms with Crippen LogP contribution in [0.2, 0.25) is 0 Å². The van der Waals surface area contributed by atoms with Crippen LogP contribution in [0, 0.1) is 11.6 Å². The number of rotatable bonds is 3. The summed E-state index contributed by atoms with van der Waals surface area (Å²) in [7, 11) is 0. The Hall–Kier alpha value is -3.48. The number of hydrogen-bond acceptors (Lipinski definition) is 4. The molecule has 0 saturated carbocycles. The Morgan fingerprint density at radius 2 is 1.69 bits per heavy atom. The zero-order valence-corrected chi connectivity index (χ0v) is 13.4. The molecular weight excluding hydrogens is 338 g/mol. The number of halogens is 2. The van der Waals surface area contributed by atoms with Gasteiger partial charge in [-0.15, -0.1) is 0 Å². The SMILES string of the molecule is O=c1cnc2cccnc2n1Cc1c(F)cc(-c2cccnc2)cc1F. The largest absolute Gasteiger partial charge is 0.285 e. The average molecular weight is 350 g/mol. The molecule has 0 N–H and O–H groups in total. The van der Waals surface area contributed by atoms with Gasteiger partial charge in [0.25, 0.3) is 5.56 Å². The van der Waals surface area contributed by atoms with E-state index in [1.165, 1.54) is 29.1 Å². The first-order valence-corrected chi connectivity index (χ1v) is 7.82. The second-order valence-corrected chi connectivity index (χ2v) is 5.69. The van der Waals surface area contributed by atoms with E-state index in [1.54, 1.807) is 30.5 Å². The molecule has 0 aliphatic carbocycles. The monoisotopic (exact) mass is 350 g/mol. The predicted octanol–water partition coefficient (Wildman–Crippen LogP) is 3.18. The third kappa shape index (κ3) is 2.83. The molecule has 26 heavy (non-hydrogen) atoms. The fourth-order valence-corrected chi connectivity index (χ4v) is 2.76. The minimum Gasteiger partial charge on any atom is -0.285 e. The molecule has 0 atom stereocenters. The lowest BCUT2D eigenvalue weighted by atomic mass is 10.0. The van der Waals surface area contributed by atoms with Crippen molar-refractivity contribution in [1.29, 1.82) is 0 Å². The van der Waals surface area contributed by atoms with Crippen LogP contribution in [0.1, 0.15) is 5.56 Å². The van der Waals surface area contributed by atoms with E-state index < -0.39 is 17.2 Å². The van der Waals surface area contributed by atoms with Gasteiger partial charge in [-0.2, -0.15) is 0 Å². The van der Waals surface area contributed by atoms with Crippen molar-refractivity contribution in [3.8, 4) is 11.1 Å². The molecule has 5 nitrogen and oxygen atoms in total. The lowest BCUT2D eigenvalue weighted by Gasteiger charge is -2.11. The predicted molar refractivity (Wildman–Crippen MR) is 92.5 cm³/mol. The quantitative estimate of drug-likeness (QED) is 0.569. The summed E-state index contributed by atoms with van der Waals surface area (Å²) in [6.45, 7) is -0.278. The summed E-state index contributed by atoms with van der Waals surface area (Å²) in [6.07, 6.45) is 5.72. The molecule has 0 aliphatic rings. The summed E-state index contributed by atoms with van der Waals surface area (Å²) in [5, 5.41) is 0. The number of hydrogen-bond donors (Lipinski definition) is 0. The maximum Gasteiger partial charge on any atom is 0.270 e. The molecule has 0 spiro atoms. The molecule has 4 rings (SSSR count). The van der Waals surface area contributed by atoms with Gasteiger partial charge in [0.1, 0.15) is 17.2 Å². The van der Waals surface area contributed by atoms with Gasteiger partial charge in [0.05, 0.1) is 12.7 Å². The minimum atomic E-state index is -0.739. The van der Waals surface area contributed by atoms with Crippen LogP contribution in [-0.4, -0.2) is 19.5 Å². The first kappa shape index (κ1) is 16.0. The zero-order valence-electron chi connectivity index (χ0n) is 13.4. The van der Waals surface area contributed by atoms with Gasteiger partial charge >= 0.3 is 0 Å². The molecular formula is C19H12F2N4O. The Morgan fingerprint density at radius 3 is 2.42 bits per heavy atom. The van der Waals surface area contributed by atoms with E-state index in [9.17, 15) is 13.6 Å². The van der Waals surface area contributed by atoms with Crippen LogP contribution in [0.5, 0.6) is 0 Å².